The number of nitro groups is 1. The molecule has 0 spiro atoms. The first-order valence-corrected chi connectivity index (χ1v) is 6.87. The zero-order valence-electron chi connectivity index (χ0n) is 10.1. The Labute approximate surface area is 109 Å². The largest absolute Gasteiger partial charge is 0.370 e. The van der Waals surface area contributed by atoms with E-state index >= 15 is 0 Å². The summed E-state index contributed by atoms with van der Waals surface area (Å²) in [6.07, 6.45) is 0. The van der Waals surface area contributed by atoms with Gasteiger partial charge in [-0.1, -0.05) is 0 Å². The molecule has 0 unspecified atom stereocenters. The second-order valence-electron chi connectivity index (χ2n) is 4.11. The van der Waals surface area contributed by atoms with Gasteiger partial charge in [0.25, 0.3) is 5.69 Å². The first kappa shape index (κ1) is 12.9. The molecule has 0 aromatic heterocycles. The van der Waals surface area contributed by atoms with Gasteiger partial charge in [-0.25, -0.2) is 0 Å². The van der Waals surface area contributed by atoms with Crippen LogP contribution in [0.15, 0.2) is 18.2 Å². The van der Waals surface area contributed by atoms with Gasteiger partial charge in [-0.2, -0.15) is 11.8 Å². The van der Waals surface area contributed by atoms with Crippen molar-refractivity contribution in [1.29, 1.82) is 0 Å². The third-order valence-electron chi connectivity index (χ3n) is 2.93. The lowest BCUT2D eigenvalue weighted by Crippen LogP contribution is -2.32. The van der Waals surface area contributed by atoms with Gasteiger partial charge in [0.2, 0.25) is 0 Å². The van der Waals surface area contributed by atoms with Gasteiger partial charge in [0.15, 0.2) is 5.78 Å². The van der Waals surface area contributed by atoms with Crippen LogP contribution in [-0.2, 0) is 0 Å². The van der Waals surface area contributed by atoms with E-state index in [0.717, 1.165) is 30.3 Å². The van der Waals surface area contributed by atoms with Gasteiger partial charge in [0.05, 0.1) is 10.5 Å². The van der Waals surface area contributed by atoms with Crippen LogP contribution in [0, 0.1) is 10.1 Å². The lowest BCUT2D eigenvalue weighted by molar-refractivity contribution is -0.385. The van der Waals surface area contributed by atoms with Crippen LogP contribution in [0.2, 0.25) is 0 Å². The van der Waals surface area contributed by atoms with Crippen molar-refractivity contribution in [3.8, 4) is 0 Å². The Morgan fingerprint density at radius 2 is 2.06 bits per heavy atom. The zero-order chi connectivity index (χ0) is 13.1. The number of benzene rings is 1. The number of nitrogens with zero attached hydrogens (tertiary/aromatic N) is 2. The van der Waals surface area contributed by atoms with Gasteiger partial charge in [0, 0.05) is 36.3 Å². The van der Waals surface area contributed by atoms with E-state index in [2.05, 4.69) is 4.90 Å². The van der Waals surface area contributed by atoms with Crippen LogP contribution in [0.3, 0.4) is 0 Å². The minimum absolute atomic E-state index is 0.113. The molecule has 96 valence electrons. The standard InChI is InChI=1S/C12H14N2O3S/c1-9(15)11-8-10(2-3-12(11)14(16)17)13-4-6-18-7-5-13/h2-3,8H,4-7H2,1H3. The van der Waals surface area contributed by atoms with Crippen molar-refractivity contribution < 1.29 is 9.72 Å². The first-order chi connectivity index (χ1) is 8.59. The highest BCUT2D eigenvalue weighted by molar-refractivity contribution is 7.99. The molecule has 2 rings (SSSR count). The van der Waals surface area contributed by atoms with Gasteiger partial charge in [-0.15, -0.1) is 0 Å². The molecule has 18 heavy (non-hydrogen) atoms. The van der Waals surface area contributed by atoms with Gasteiger partial charge >= 0.3 is 0 Å². The predicted molar refractivity (Wildman–Crippen MR) is 72.6 cm³/mol. The Bertz CT molecular complexity index is 484. The smallest absolute Gasteiger partial charge is 0.280 e. The lowest BCUT2D eigenvalue weighted by atomic mass is 10.1. The Morgan fingerprint density at radius 1 is 1.39 bits per heavy atom. The monoisotopic (exact) mass is 266 g/mol. The number of Topliss-reactive ketones (excluding diaryl/α,β-unsaturated/α-hetero) is 1. The van der Waals surface area contributed by atoms with Gasteiger partial charge in [-0.05, 0) is 19.1 Å². The Morgan fingerprint density at radius 3 is 2.61 bits per heavy atom. The van der Waals surface area contributed by atoms with E-state index in [9.17, 15) is 14.9 Å². The number of nitro benzene ring substituents is 1. The molecule has 0 amide bonds. The molecule has 1 heterocycles. The maximum Gasteiger partial charge on any atom is 0.280 e. The third-order valence-corrected chi connectivity index (χ3v) is 3.87. The predicted octanol–water partition coefficient (Wildman–Crippen LogP) is 2.35. The van der Waals surface area contributed by atoms with E-state index in [1.165, 1.54) is 13.0 Å². The lowest BCUT2D eigenvalue weighted by Gasteiger charge is -2.28. The minimum Gasteiger partial charge on any atom is -0.370 e. The molecule has 1 fully saturated rings. The molecule has 0 N–H and O–H groups in total. The number of hydrogen-bond acceptors (Lipinski definition) is 5. The van der Waals surface area contributed by atoms with E-state index in [-0.39, 0.29) is 17.0 Å². The molecule has 0 atom stereocenters. The maximum absolute atomic E-state index is 11.5. The van der Waals surface area contributed by atoms with E-state index in [0.29, 0.717) is 0 Å². The molecule has 5 nitrogen and oxygen atoms in total. The number of carbonyl (C=O) groups is 1. The first-order valence-electron chi connectivity index (χ1n) is 5.71. The topological polar surface area (TPSA) is 63.5 Å². The van der Waals surface area contributed by atoms with Crippen LogP contribution in [0.5, 0.6) is 0 Å². The maximum atomic E-state index is 11.5. The number of ketones is 1. The molecule has 1 aromatic carbocycles. The summed E-state index contributed by atoms with van der Waals surface area (Å²) < 4.78 is 0. The Balaban J connectivity index is 2.36. The van der Waals surface area contributed by atoms with Crippen molar-refractivity contribution in [2.75, 3.05) is 29.5 Å². The average molecular weight is 266 g/mol. The molecule has 0 aliphatic carbocycles. The summed E-state index contributed by atoms with van der Waals surface area (Å²) in [5, 5.41) is 10.9. The Hall–Kier alpha value is -1.56. The second kappa shape index (κ2) is 5.39. The minimum atomic E-state index is -0.507. The SMILES string of the molecule is CC(=O)c1cc(N2CCSCC2)ccc1[N+](=O)[O-]. The van der Waals surface area contributed by atoms with Crippen LogP contribution in [0.4, 0.5) is 11.4 Å². The number of hydrogen-bond donors (Lipinski definition) is 0. The molecule has 0 radical (unpaired) electrons. The quantitative estimate of drug-likeness (QED) is 0.477. The molecule has 1 aromatic rings. The molecule has 1 aliphatic rings. The molecule has 1 saturated heterocycles. The van der Waals surface area contributed by atoms with E-state index in [4.69, 9.17) is 0 Å². The van der Waals surface area contributed by atoms with Crippen LogP contribution < -0.4 is 4.90 Å². The molecule has 6 heteroatoms. The van der Waals surface area contributed by atoms with Gasteiger partial charge < -0.3 is 4.90 Å². The summed E-state index contributed by atoms with van der Waals surface area (Å²) in [4.78, 5) is 24.0. The van der Waals surface area contributed by atoms with Crippen molar-refractivity contribution in [3.63, 3.8) is 0 Å². The molecule has 0 saturated carbocycles. The fourth-order valence-corrected chi connectivity index (χ4v) is 2.89. The molecular formula is C12H14N2O3S. The van der Waals surface area contributed by atoms with E-state index < -0.39 is 4.92 Å². The molecule has 0 bridgehead atoms. The van der Waals surface area contributed by atoms with Crippen LogP contribution in [-0.4, -0.2) is 35.3 Å². The van der Waals surface area contributed by atoms with Crippen molar-refractivity contribution in [2.24, 2.45) is 0 Å². The molecular weight excluding hydrogens is 252 g/mol. The number of anilines is 1. The van der Waals surface area contributed by atoms with Crippen molar-refractivity contribution in [2.45, 2.75) is 6.92 Å². The van der Waals surface area contributed by atoms with Crippen molar-refractivity contribution in [1.82, 2.24) is 0 Å². The van der Waals surface area contributed by atoms with Gasteiger partial charge in [0.1, 0.15) is 0 Å². The average Bonchev–Trinajstić information content (AvgIpc) is 2.39. The fraction of sp³-hybridized carbons (Fsp3) is 0.417. The third kappa shape index (κ3) is 2.64. The zero-order valence-corrected chi connectivity index (χ0v) is 10.9. The highest BCUT2D eigenvalue weighted by Gasteiger charge is 2.20. The summed E-state index contributed by atoms with van der Waals surface area (Å²) in [7, 11) is 0. The highest BCUT2D eigenvalue weighted by atomic mass is 32.2. The summed E-state index contributed by atoms with van der Waals surface area (Å²) in [5.74, 6) is 1.83. The Kier molecular flexibility index (Phi) is 3.86. The fourth-order valence-electron chi connectivity index (χ4n) is 1.98. The molecule has 1 aliphatic heterocycles. The van der Waals surface area contributed by atoms with Gasteiger partial charge in [-0.3, -0.25) is 14.9 Å². The normalized spacial score (nSPS) is 15.5. The van der Waals surface area contributed by atoms with Crippen molar-refractivity contribution in [3.05, 3.63) is 33.9 Å². The summed E-state index contributed by atoms with van der Waals surface area (Å²) in [5.41, 5.74) is 0.972. The van der Waals surface area contributed by atoms with E-state index in [1.54, 1.807) is 12.1 Å². The number of rotatable bonds is 3. The van der Waals surface area contributed by atoms with Crippen LogP contribution in [0.25, 0.3) is 0 Å². The van der Waals surface area contributed by atoms with Crippen LogP contribution in [0.1, 0.15) is 17.3 Å². The van der Waals surface area contributed by atoms with E-state index in [1.807, 2.05) is 11.8 Å². The second-order valence-corrected chi connectivity index (χ2v) is 5.34. The summed E-state index contributed by atoms with van der Waals surface area (Å²) >= 11 is 1.90. The van der Waals surface area contributed by atoms with Crippen molar-refractivity contribution >= 4 is 28.9 Å². The summed E-state index contributed by atoms with van der Waals surface area (Å²) in [6.45, 7) is 3.19. The number of thioether (sulfide) groups is 1. The van der Waals surface area contributed by atoms with Crippen LogP contribution >= 0.6 is 11.8 Å². The highest BCUT2D eigenvalue weighted by Crippen LogP contribution is 2.27. The summed E-state index contributed by atoms with van der Waals surface area (Å²) in [6, 6.07) is 4.78. The number of carbonyl (C=O) groups excluding carboxylic acids is 1.